The molecule has 0 bridgehead atoms. The smallest absolute Gasteiger partial charge is 0.255 e. The number of amides is 1. The van der Waals surface area contributed by atoms with Gasteiger partial charge in [-0.25, -0.2) is 4.39 Å². The van der Waals surface area contributed by atoms with E-state index in [1.165, 1.54) is 29.3 Å². The van der Waals surface area contributed by atoms with Crippen molar-refractivity contribution < 1.29 is 14.3 Å². The fraction of sp³-hybridized carbons (Fsp3) is 0.174. The van der Waals surface area contributed by atoms with E-state index in [0.717, 1.165) is 24.1 Å². The molecule has 5 heteroatoms. The van der Waals surface area contributed by atoms with E-state index in [0.29, 0.717) is 6.54 Å². The molecule has 4 nitrogen and oxygen atoms in total. The van der Waals surface area contributed by atoms with Crippen molar-refractivity contribution in [3.05, 3.63) is 89.2 Å². The van der Waals surface area contributed by atoms with Crippen molar-refractivity contribution in [2.75, 3.05) is 6.54 Å². The summed E-state index contributed by atoms with van der Waals surface area (Å²) in [6.07, 6.45) is 0.845. The Bertz CT molecular complexity index is 1000. The first-order chi connectivity index (χ1) is 13.6. The average Bonchev–Trinajstić information content (AvgIpc) is 2.73. The second-order valence-electron chi connectivity index (χ2n) is 7.00. The van der Waals surface area contributed by atoms with Crippen molar-refractivity contribution in [3.63, 3.8) is 0 Å². The molecule has 3 aromatic rings. The molecule has 1 heterocycles. The highest BCUT2D eigenvalue weighted by Crippen LogP contribution is 2.26. The van der Waals surface area contributed by atoms with E-state index in [-0.39, 0.29) is 29.1 Å². The third kappa shape index (κ3) is 3.89. The number of rotatable bonds is 4. The Hall–Kier alpha value is -3.18. The van der Waals surface area contributed by atoms with Crippen LogP contribution in [0, 0.1) is 5.82 Å². The number of aromatic hydroxyl groups is 1. The molecule has 3 aromatic carbocycles. The Kier molecular flexibility index (Phi) is 5.08. The standard InChI is InChI=1S/C23H21FN2O2/c24-19-8-5-15(6-9-19)17-7-10-22(27)21(12-17)23(28)26-14-20-11-16-3-1-2-4-18(16)13-25-20/h1-10,12,20,25,27H,11,13-14H2,(H,26,28). The molecule has 3 N–H and O–H groups in total. The average molecular weight is 376 g/mol. The lowest BCUT2D eigenvalue weighted by Gasteiger charge is -2.26. The summed E-state index contributed by atoms with van der Waals surface area (Å²) in [6.45, 7) is 1.25. The Morgan fingerprint density at radius 3 is 2.54 bits per heavy atom. The Balaban J connectivity index is 1.45. The van der Waals surface area contributed by atoms with Gasteiger partial charge in [0.05, 0.1) is 5.56 Å². The molecule has 1 atom stereocenters. The van der Waals surface area contributed by atoms with Gasteiger partial charge in [-0.05, 0) is 52.9 Å². The number of carbonyl (C=O) groups excluding carboxylic acids is 1. The molecular formula is C23H21FN2O2. The van der Waals surface area contributed by atoms with Crippen LogP contribution >= 0.6 is 0 Å². The first kappa shape index (κ1) is 18.2. The molecule has 0 fully saturated rings. The lowest BCUT2D eigenvalue weighted by molar-refractivity contribution is 0.0946. The number of halogens is 1. The molecule has 28 heavy (non-hydrogen) atoms. The van der Waals surface area contributed by atoms with Crippen molar-refractivity contribution in [3.8, 4) is 16.9 Å². The van der Waals surface area contributed by atoms with Crippen molar-refractivity contribution in [1.29, 1.82) is 0 Å². The van der Waals surface area contributed by atoms with Crippen molar-refractivity contribution in [1.82, 2.24) is 10.6 Å². The highest BCUT2D eigenvalue weighted by Gasteiger charge is 2.19. The van der Waals surface area contributed by atoms with E-state index in [2.05, 4.69) is 22.8 Å². The van der Waals surface area contributed by atoms with Crippen LogP contribution in [0.3, 0.4) is 0 Å². The number of nitrogens with one attached hydrogen (secondary N) is 2. The van der Waals surface area contributed by atoms with Crippen LogP contribution in [0.15, 0.2) is 66.7 Å². The molecular weight excluding hydrogens is 355 g/mol. The van der Waals surface area contributed by atoms with Gasteiger partial charge in [0.25, 0.3) is 5.91 Å². The fourth-order valence-electron chi connectivity index (χ4n) is 3.52. The summed E-state index contributed by atoms with van der Waals surface area (Å²) in [5, 5.41) is 16.5. The van der Waals surface area contributed by atoms with Crippen LogP contribution in [0.2, 0.25) is 0 Å². The van der Waals surface area contributed by atoms with E-state index < -0.39 is 0 Å². The van der Waals surface area contributed by atoms with Gasteiger partial charge in [-0.1, -0.05) is 42.5 Å². The predicted molar refractivity (Wildman–Crippen MR) is 107 cm³/mol. The number of fused-ring (bicyclic) bond motifs is 1. The first-order valence-corrected chi connectivity index (χ1v) is 9.27. The predicted octanol–water partition coefficient (Wildman–Crippen LogP) is 3.64. The highest BCUT2D eigenvalue weighted by molar-refractivity contribution is 5.98. The minimum absolute atomic E-state index is 0.0784. The molecule has 0 saturated heterocycles. The van der Waals surface area contributed by atoms with E-state index in [4.69, 9.17) is 0 Å². The van der Waals surface area contributed by atoms with Crippen LogP contribution in [-0.4, -0.2) is 23.6 Å². The molecule has 142 valence electrons. The topological polar surface area (TPSA) is 61.4 Å². The normalized spacial score (nSPS) is 15.7. The van der Waals surface area contributed by atoms with Crippen LogP contribution in [-0.2, 0) is 13.0 Å². The summed E-state index contributed by atoms with van der Waals surface area (Å²) < 4.78 is 13.1. The summed E-state index contributed by atoms with van der Waals surface area (Å²) in [7, 11) is 0. The van der Waals surface area contributed by atoms with Gasteiger partial charge < -0.3 is 15.7 Å². The van der Waals surface area contributed by atoms with E-state index in [1.807, 2.05) is 12.1 Å². The molecule has 0 saturated carbocycles. The number of hydrogen-bond acceptors (Lipinski definition) is 3. The first-order valence-electron chi connectivity index (χ1n) is 9.27. The van der Waals surface area contributed by atoms with E-state index in [9.17, 15) is 14.3 Å². The van der Waals surface area contributed by atoms with Crippen LogP contribution in [0.5, 0.6) is 5.75 Å². The van der Waals surface area contributed by atoms with Crippen LogP contribution in [0.1, 0.15) is 21.5 Å². The van der Waals surface area contributed by atoms with E-state index >= 15 is 0 Å². The SMILES string of the molecule is O=C(NCC1Cc2ccccc2CN1)c1cc(-c2ccc(F)cc2)ccc1O. The van der Waals surface area contributed by atoms with Crippen LogP contribution in [0.25, 0.3) is 11.1 Å². The molecule has 1 aliphatic heterocycles. The number of hydrogen-bond donors (Lipinski definition) is 3. The van der Waals surface area contributed by atoms with Crippen LogP contribution < -0.4 is 10.6 Å². The molecule has 0 aromatic heterocycles. The van der Waals surface area contributed by atoms with Crippen LogP contribution in [0.4, 0.5) is 4.39 Å². The molecule has 1 amide bonds. The Labute approximate surface area is 163 Å². The maximum atomic E-state index is 13.1. The van der Waals surface area contributed by atoms with Gasteiger partial charge in [0.15, 0.2) is 0 Å². The van der Waals surface area contributed by atoms with Gasteiger partial charge in [0.2, 0.25) is 0 Å². The van der Waals surface area contributed by atoms with Gasteiger partial charge >= 0.3 is 0 Å². The Morgan fingerprint density at radius 2 is 1.75 bits per heavy atom. The third-order valence-corrected chi connectivity index (χ3v) is 5.09. The van der Waals surface area contributed by atoms with Gasteiger partial charge in [-0.15, -0.1) is 0 Å². The second-order valence-corrected chi connectivity index (χ2v) is 7.00. The zero-order valence-electron chi connectivity index (χ0n) is 15.3. The monoisotopic (exact) mass is 376 g/mol. The van der Waals surface area contributed by atoms with Gasteiger partial charge in [0.1, 0.15) is 11.6 Å². The molecule has 1 unspecified atom stereocenters. The van der Waals surface area contributed by atoms with Gasteiger partial charge in [-0.3, -0.25) is 4.79 Å². The van der Waals surface area contributed by atoms with E-state index in [1.54, 1.807) is 24.3 Å². The largest absolute Gasteiger partial charge is 0.507 e. The van der Waals surface area contributed by atoms with Crippen molar-refractivity contribution >= 4 is 5.91 Å². The number of carbonyl (C=O) groups is 1. The summed E-state index contributed by atoms with van der Waals surface area (Å²) in [5.41, 5.74) is 4.31. The molecule has 0 radical (unpaired) electrons. The Morgan fingerprint density at radius 1 is 1.04 bits per heavy atom. The maximum Gasteiger partial charge on any atom is 0.255 e. The number of phenols is 1. The fourth-order valence-corrected chi connectivity index (χ4v) is 3.52. The number of phenolic OH excluding ortho intramolecular Hbond substituents is 1. The molecule has 0 aliphatic carbocycles. The summed E-state index contributed by atoms with van der Waals surface area (Å²) >= 11 is 0. The van der Waals surface area contributed by atoms with Crippen molar-refractivity contribution in [2.24, 2.45) is 0 Å². The summed E-state index contributed by atoms with van der Waals surface area (Å²) in [5.74, 6) is -0.727. The van der Waals surface area contributed by atoms with Crippen molar-refractivity contribution in [2.45, 2.75) is 19.0 Å². The third-order valence-electron chi connectivity index (χ3n) is 5.09. The maximum absolute atomic E-state index is 13.1. The summed E-state index contributed by atoms with van der Waals surface area (Å²) in [4.78, 5) is 12.6. The lowest BCUT2D eigenvalue weighted by Crippen LogP contribution is -2.44. The zero-order valence-corrected chi connectivity index (χ0v) is 15.3. The molecule has 0 spiro atoms. The molecule has 4 rings (SSSR count). The zero-order chi connectivity index (χ0) is 19.5. The van der Waals surface area contributed by atoms with Gasteiger partial charge in [0, 0.05) is 19.1 Å². The summed E-state index contributed by atoms with van der Waals surface area (Å²) in [6, 6.07) is 19.3. The quantitative estimate of drug-likeness (QED) is 0.651. The lowest BCUT2D eigenvalue weighted by atomic mass is 9.96. The van der Waals surface area contributed by atoms with Gasteiger partial charge in [-0.2, -0.15) is 0 Å². The minimum Gasteiger partial charge on any atom is -0.507 e. The second kappa shape index (κ2) is 7.82. The molecule has 1 aliphatic rings. The minimum atomic E-state index is -0.331. The highest BCUT2D eigenvalue weighted by atomic mass is 19.1. The number of benzene rings is 3.